The molecule has 0 heterocycles. The predicted octanol–water partition coefficient (Wildman–Crippen LogP) is 1.03. The van der Waals surface area contributed by atoms with E-state index in [0.29, 0.717) is 13.2 Å². The van der Waals surface area contributed by atoms with Gasteiger partial charge in [0.05, 0.1) is 0 Å². The van der Waals surface area contributed by atoms with E-state index >= 15 is 0 Å². The van der Waals surface area contributed by atoms with Crippen LogP contribution in [0.2, 0.25) is 0 Å². The zero-order chi connectivity index (χ0) is 6.95. The molecule has 0 unspecified atom stereocenters. The van der Waals surface area contributed by atoms with Crippen molar-refractivity contribution < 1.29 is 10.2 Å². The van der Waals surface area contributed by atoms with Crippen LogP contribution in [0, 0.1) is 0 Å². The highest BCUT2D eigenvalue weighted by atomic mass is 32.1. The van der Waals surface area contributed by atoms with Crippen LogP contribution in [-0.4, -0.2) is 23.4 Å². The normalized spacial score (nSPS) is 9.00. The smallest absolute Gasteiger partial charge is 0.0431 e. The van der Waals surface area contributed by atoms with Gasteiger partial charge in [-0.3, -0.25) is 0 Å². The highest BCUT2D eigenvalue weighted by Crippen LogP contribution is 2.00. The van der Waals surface area contributed by atoms with Crippen molar-refractivity contribution in [1.29, 1.82) is 0 Å². The molecule has 0 radical (unpaired) electrons. The van der Waals surface area contributed by atoms with Crippen molar-refractivity contribution >= 4 is 13.5 Å². The van der Waals surface area contributed by atoms with E-state index in [9.17, 15) is 0 Å². The summed E-state index contributed by atoms with van der Waals surface area (Å²) >= 11 is 0. The summed E-state index contributed by atoms with van der Waals surface area (Å²) in [6.07, 6.45) is 5.14. The van der Waals surface area contributed by atoms with E-state index in [2.05, 4.69) is 0 Å². The fourth-order valence-electron chi connectivity index (χ4n) is 0.754. The van der Waals surface area contributed by atoms with Crippen LogP contribution < -0.4 is 0 Å². The fourth-order valence-corrected chi connectivity index (χ4v) is 0.754. The minimum absolute atomic E-state index is 0. The first kappa shape index (κ1) is 12.9. The molecular formula is C7H18O2S. The maximum absolute atomic E-state index is 8.37. The predicted molar refractivity (Wildman–Crippen MR) is 47.6 cm³/mol. The third-order valence-corrected chi connectivity index (χ3v) is 1.32. The standard InChI is InChI=1S/C7H16O2.H2S/c8-6-4-2-1-3-5-7-9;/h8-9H,1-7H2;1H2. The molecule has 0 aromatic rings. The molecule has 0 aliphatic heterocycles. The largest absolute Gasteiger partial charge is 0.396 e. The van der Waals surface area contributed by atoms with Crippen LogP contribution in [0.3, 0.4) is 0 Å². The van der Waals surface area contributed by atoms with Crippen molar-refractivity contribution in [2.24, 2.45) is 0 Å². The average Bonchev–Trinajstić information content (AvgIpc) is 1.89. The molecule has 0 aliphatic rings. The van der Waals surface area contributed by atoms with Gasteiger partial charge < -0.3 is 10.2 Å². The lowest BCUT2D eigenvalue weighted by atomic mass is 10.2. The number of hydrogen-bond donors (Lipinski definition) is 2. The SMILES string of the molecule is OCCCCCCCO.S. The summed E-state index contributed by atoms with van der Waals surface area (Å²) in [5, 5.41) is 16.7. The van der Waals surface area contributed by atoms with E-state index in [1.165, 1.54) is 0 Å². The monoisotopic (exact) mass is 166 g/mol. The van der Waals surface area contributed by atoms with Gasteiger partial charge in [-0.2, -0.15) is 13.5 Å². The Hall–Kier alpha value is 0.270. The Morgan fingerprint density at radius 3 is 1.20 bits per heavy atom. The topological polar surface area (TPSA) is 40.5 Å². The lowest BCUT2D eigenvalue weighted by Gasteiger charge is -1.95. The summed E-state index contributed by atoms with van der Waals surface area (Å²) in [5.41, 5.74) is 0. The third kappa shape index (κ3) is 11.1. The van der Waals surface area contributed by atoms with Crippen LogP contribution in [0.1, 0.15) is 32.1 Å². The maximum atomic E-state index is 8.37. The second-order valence-electron chi connectivity index (χ2n) is 2.21. The lowest BCUT2D eigenvalue weighted by molar-refractivity contribution is 0.272. The number of unbranched alkanes of at least 4 members (excludes halogenated alkanes) is 4. The highest BCUT2D eigenvalue weighted by Gasteiger charge is 1.86. The molecule has 3 heteroatoms. The van der Waals surface area contributed by atoms with E-state index < -0.39 is 0 Å². The van der Waals surface area contributed by atoms with Crippen molar-refractivity contribution in [3.8, 4) is 0 Å². The molecule has 2 N–H and O–H groups in total. The molecule has 10 heavy (non-hydrogen) atoms. The van der Waals surface area contributed by atoms with Gasteiger partial charge in [-0.25, -0.2) is 0 Å². The van der Waals surface area contributed by atoms with Gasteiger partial charge in [0.2, 0.25) is 0 Å². The molecule has 0 aromatic heterocycles. The van der Waals surface area contributed by atoms with Gasteiger partial charge in [0.1, 0.15) is 0 Å². The lowest BCUT2D eigenvalue weighted by Crippen LogP contribution is -1.85. The zero-order valence-corrected chi connectivity index (χ0v) is 7.34. The molecule has 0 saturated carbocycles. The van der Waals surface area contributed by atoms with Gasteiger partial charge in [-0.15, -0.1) is 0 Å². The van der Waals surface area contributed by atoms with E-state index in [4.69, 9.17) is 10.2 Å². The van der Waals surface area contributed by atoms with Crippen LogP contribution in [-0.2, 0) is 0 Å². The molecule has 0 aliphatic carbocycles. The molecule has 0 aromatic carbocycles. The van der Waals surface area contributed by atoms with Crippen LogP contribution >= 0.6 is 13.5 Å². The van der Waals surface area contributed by atoms with Gasteiger partial charge in [0.15, 0.2) is 0 Å². The van der Waals surface area contributed by atoms with Gasteiger partial charge in [-0.05, 0) is 12.8 Å². The molecule has 0 saturated heterocycles. The van der Waals surface area contributed by atoms with Crippen LogP contribution in [0.15, 0.2) is 0 Å². The second-order valence-corrected chi connectivity index (χ2v) is 2.21. The quantitative estimate of drug-likeness (QED) is 0.579. The zero-order valence-electron chi connectivity index (χ0n) is 6.34. The Labute approximate surface area is 69.7 Å². The average molecular weight is 166 g/mol. The summed E-state index contributed by atoms with van der Waals surface area (Å²) in [7, 11) is 0. The van der Waals surface area contributed by atoms with Gasteiger partial charge >= 0.3 is 0 Å². The summed E-state index contributed by atoms with van der Waals surface area (Å²) < 4.78 is 0. The molecule has 0 atom stereocenters. The molecule has 0 fully saturated rings. The number of rotatable bonds is 6. The van der Waals surface area contributed by atoms with Crippen molar-refractivity contribution in [1.82, 2.24) is 0 Å². The molecule has 0 rings (SSSR count). The minimum Gasteiger partial charge on any atom is -0.396 e. The Morgan fingerprint density at radius 1 is 0.600 bits per heavy atom. The maximum Gasteiger partial charge on any atom is 0.0431 e. The molecular weight excluding hydrogens is 148 g/mol. The molecule has 0 spiro atoms. The van der Waals surface area contributed by atoms with Gasteiger partial charge in [0, 0.05) is 13.2 Å². The number of aliphatic hydroxyl groups is 2. The highest BCUT2D eigenvalue weighted by molar-refractivity contribution is 7.59. The molecule has 64 valence electrons. The van der Waals surface area contributed by atoms with Crippen molar-refractivity contribution in [3.05, 3.63) is 0 Å². The molecule has 0 bridgehead atoms. The first-order chi connectivity index (χ1) is 4.41. The third-order valence-electron chi connectivity index (χ3n) is 1.32. The van der Waals surface area contributed by atoms with Crippen LogP contribution in [0.4, 0.5) is 0 Å². The Kier molecular flexibility index (Phi) is 15.5. The first-order valence-electron chi connectivity index (χ1n) is 3.63. The number of aliphatic hydroxyl groups excluding tert-OH is 2. The van der Waals surface area contributed by atoms with Crippen LogP contribution in [0.5, 0.6) is 0 Å². The Balaban J connectivity index is 0. The summed E-state index contributed by atoms with van der Waals surface area (Å²) in [6, 6.07) is 0. The van der Waals surface area contributed by atoms with Crippen molar-refractivity contribution in [2.45, 2.75) is 32.1 Å². The van der Waals surface area contributed by atoms with E-state index in [1.54, 1.807) is 0 Å². The summed E-state index contributed by atoms with van der Waals surface area (Å²) in [6.45, 7) is 0.609. The summed E-state index contributed by atoms with van der Waals surface area (Å²) in [4.78, 5) is 0. The first-order valence-corrected chi connectivity index (χ1v) is 3.63. The second kappa shape index (κ2) is 12.0. The molecule has 0 amide bonds. The van der Waals surface area contributed by atoms with E-state index in [1.807, 2.05) is 0 Å². The van der Waals surface area contributed by atoms with Gasteiger partial charge in [-0.1, -0.05) is 19.3 Å². The summed E-state index contributed by atoms with van der Waals surface area (Å²) in [5.74, 6) is 0. The van der Waals surface area contributed by atoms with E-state index in [0.717, 1.165) is 32.1 Å². The van der Waals surface area contributed by atoms with Crippen LogP contribution in [0.25, 0.3) is 0 Å². The minimum atomic E-state index is 0. The Morgan fingerprint density at radius 2 is 0.900 bits per heavy atom. The van der Waals surface area contributed by atoms with E-state index in [-0.39, 0.29) is 13.5 Å². The van der Waals surface area contributed by atoms with Crippen molar-refractivity contribution in [2.75, 3.05) is 13.2 Å². The molecule has 2 nitrogen and oxygen atoms in total. The van der Waals surface area contributed by atoms with Gasteiger partial charge in [0.25, 0.3) is 0 Å². The fraction of sp³-hybridized carbons (Fsp3) is 1.00. The van der Waals surface area contributed by atoms with Crippen molar-refractivity contribution in [3.63, 3.8) is 0 Å². The number of hydrogen-bond acceptors (Lipinski definition) is 2. The Bertz CT molecular complexity index is 44.9.